The molecule has 0 saturated carbocycles. The number of esters is 1. The van der Waals surface area contributed by atoms with Crippen molar-refractivity contribution in [1.29, 1.82) is 0 Å². The van der Waals surface area contributed by atoms with Gasteiger partial charge in [-0.15, -0.1) is 0 Å². The maximum atomic E-state index is 12.3. The molecule has 0 bridgehead atoms. The highest BCUT2D eigenvalue weighted by Gasteiger charge is 2.28. The van der Waals surface area contributed by atoms with Crippen LogP contribution in [0.25, 0.3) is 0 Å². The lowest BCUT2D eigenvalue weighted by Crippen LogP contribution is -2.43. The third-order valence-electron chi connectivity index (χ3n) is 10.5. The van der Waals surface area contributed by atoms with Gasteiger partial charge >= 0.3 is 19.8 Å². The molecule has 0 heterocycles. The van der Waals surface area contributed by atoms with Crippen molar-refractivity contribution >= 4 is 25.7 Å². The number of amides is 1. The molecular formula is C47H88NO10P. The maximum absolute atomic E-state index is 12.3. The van der Waals surface area contributed by atoms with Crippen molar-refractivity contribution < 1.29 is 47.8 Å². The van der Waals surface area contributed by atoms with Crippen LogP contribution in [0.1, 0.15) is 226 Å². The molecule has 0 aromatic rings. The number of phosphoric acid groups is 1. The van der Waals surface area contributed by atoms with Gasteiger partial charge in [0.15, 0.2) is 6.04 Å². The van der Waals surface area contributed by atoms with Gasteiger partial charge in [-0.3, -0.25) is 18.6 Å². The topological polar surface area (TPSA) is 169 Å². The highest BCUT2D eigenvalue weighted by molar-refractivity contribution is 7.47. The van der Waals surface area contributed by atoms with E-state index in [4.69, 9.17) is 13.8 Å². The molecule has 0 rings (SSSR count). The van der Waals surface area contributed by atoms with Gasteiger partial charge in [0.1, 0.15) is 12.7 Å². The molecule has 0 aliphatic rings. The summed E-state index contributed by atoms with van der Waals surface area (Å²) in [6.45, 7) is 2.59. The number of carbonyl (C=O) groups excluding carboxylic acids is 2. The molecule has 0 aliphatic carbocycles. The first-order valence-electron chi connectivity index (χ1n) is 23.9. The van der Waals surface area contributed by atoms with E-state index in [0.717, 1.165) is 57.8 Å². The lowest BCUT2D eigenvalue weighted by Gasteiger charge is -2.18. The van der Waals surface area contributed by atoms with Gasteiger partial charge in [-0.2, -0.15) is 0 Å². The highest BCUT2D eigenvalue weighted by Crippen LogP contribution is 2.43. The van der Waals surface area contributed by atoms with Crippen LogP contribution in [0.3, 0.4) is 0 Å². The van der Waals surface area contributed by atoms with Crippen molar-refractivity contribution in [3.63, 3.8) is 0 Å². The average molecular weight is 858 g/mol. The fourth-order valence-corrected chi connectivity index (χ4v) is 7.53. The summed E-state index contributed by atoms with van der Waals surface area (Å²) >= 11 is 0. The molecule has 3 unspecified atom stereocenters. The second kappa shape index (κ2) is 42.6. The van der Waals surface area contributed by atoms with Gasteiger partial charge in [0.25, 0.3) is 0 Å². The summed E-state index contributed by atoms with van der Waals surface area (Å²) in [5.74, 6) is -2.37. The van der Waals surface area contributed by atoms with Crippen LogP contribution in [0.2, 0.25) is 0 Å². The SMILES string of the molecule is CCCCCC/C=C\C/C=C\CCCCCCCC(=O)OCC(O)COP(=O)(O)OCC(NC(=O)CCCCCCCCCCCCCCCCCCCCC)C(=O)O. The minimum absolute atomic E-state index is 0.149. The second-order valence-corrected chi connectivity index (χ2v) is 17.8. The Balaban J connectivity index is 3.86. The molecular weight excluding hydrogens is 769 g/mol. The normalized spacial score (nSPS) is 13.8. The zero-order chi connectivity index (χ0) is 43.5. The first-order valence-corrected chi connectivity index (χ1v) is 25.4. The average Bonchev–Trinajstić information content (AvgIpc) is 3.21. The summed E-state index contributed by atoms with van der Waals surface area (Å²) in [6.07, 6.45) is 44.8. The third-order valence-corrected chi connectivity index (χ3v) is 11.4. The number of rotatable bonds is 45. The van der Waals surface area contributed by atoms with E-state index in [9.17, 15) is 34.1 Å². The number of carbonyl (C=O) groups is 3. The second-order valence-electron chi connectivity index (χ2n) is 16.3. The van der Waals surface area contributed by atoms with Crippen molar-refractivity contribution in [3.8, 4) is 0 Å². The van der Waals surface area contributed by atoms with Gasteiger partial charge in [-0.25, -0.2) is 9.36 Å². The molecule has 0 aromatic heterocycles. The monoisotopic (exact) mass is 858 g/mol. The smallest absolute Gasteiger partial charge is 0.472 e. The molecule has 0 saturated heterocycles. The van der Waals surface area contributed by atoms with E-state index in [-0.39, 0.29) is 12.8 Å². The minimum Gasteiger partial charge on any atom is -0.480 e. The van der Waals surface area contributed by atoms with Crippen LogP contribution < -0.4 is 5.32 Å². The lowest BCUT2D eigenvalue weighted by atomic mass is 10.0. The number of aliphatic hydroxyl groups excluding tert-OH is 1. The van der Waals surface area contributed by atoms with Crippen molar-refractivity contribution in [2.45, 2.75) is 238 Å². The first kappa shape index (κ1) is 57.0. The minimum atomic E-state index is -4.76. The number of allylic oxidation sites excluding steroid dienone is 4. The number of aliphatic carboxylic acids is 1. The molecule has 11 nitrogen and oxygen atoms in total. The van der Waals surface area contributed by atoms with Crippen LogP contribution >= 0.6 is 7.82 Å². The Morgan fingerprint density at radius 1 is 0.542 bits per heavy atom. The van der Waals surface area contributed by atoms with Crippen LogP contribution in [-0.2, 0) is 32.7 Å². The number of carboxylic acid groups (broad SMARTS) is 1. The molecule has 59 heavy (non-hydrogen) atoms. The van der Waals surface area contributed by atoms with Crippen molar-refractivity contribution in [2.75, 3.05) is 19.8 Å². The molecule has 346 valence electrons. The summed E-state index contributed by atoms with van der Waals surface area (Å²) in [5, 5.41) is 21.9. The highest BCUT2D eigenvalue weighted by atomic mass is 31.2. The van der Waals surface area contributed by atoms with Crippen LogP contribution in [0.4, 0.5) is 0 Å². The van der Waals surface area contributed by atoms with E-state index in [1.54, 1.807) is 0 Å². The summed E-state index contributed by atoms with van der Waals surface area (Å²) in [7, 11) is -4.76. The predicted octanol–water partition coefficient (Wildman–Crippen LogP) is 12.6. The molecule has 0 aliphatic heterocycles. The van der Waals surface area contributed by atoms with E-state index in [1.807, 2.05) is 0 Å². The summed E-state index contributed by atoms with van der Waals surface area (Å²) < 4.78 is 26.9. The van der Waals surface area contributed by atoms with E-state index < -0.39 is 57.6 Å². The third kappa shape index (κ3) is 42.4. The summed E-state index contributed by atoms with van der Waals surface area (Å²) in [6, 6.07) is -1.54. The van der Waals surface area contributed by atoms with Crippen LogP contribution in [-0.4, -0.2) is 64.9 Å². The van der Waals surface area contributed by atoms with Crippen molar-refractivity contribution in [3.05, 3.63) is 24.3 Å². The Morgan fingerprint density at radius 3 is 1.39 bits per heavy atom. The van der Waals surface area contributed by atoms with Gasteiger partial charge in [0.2, 0.25) is 5.91 Å². The van der Waals surface area contributed by atoms with Gasteiger partial charge in [0.05, 0.1) is 13.2 Å². The number of unbranched alkanes of at least 4 members (excludes halogenated alkanes) is 27. The number of ether oxygens (including phenoxy) is 1. The lowest BCUT2D eigenvalue weighted by molar-refractivity contribution is -0.147. The molecule has 3 atom stereocenters. The number of carboxylic acids is 1. The fourth-order valence-electron chi connectivity index (χ4n) is 6.76. The van der Waals surface area contributed by atoms with Gasteiger partial charge in [-0.1, -0.05) is 192 Å². The Hall–Kier alpha value is -2.04. The van der Waals surface area contributed by atoms with Gasteiger partial charge < -0.3 is 25.2 Å². The van der Waals surface area contributed by atoms with E-state index in [0.29, 0.717) is 12.8 Å². The number of aliphatic hydroxyl groups is 1. The summed E-state index contributed by atoms with van der Waals surface area (Å²) in [4.78, 5) is 46.0. The number of hydrogen-bond acceptors (Lipinski definition) is 8. The molecule has 0 radical (unpaired) electrons. The van der Waals surface area contributed by atoms with E-state index >= 15 is 0 Å². The molecule has 12 heteroatoms. The Labute approximate surface area is 359 Å². The molecule has 1 amide bonds. The standard InChI is InChI=1S/C47H88NO10P/c1-3-5-7-9-11-13-15-17-19-21-22-23-24-26-28-30-32-34-36-38-45(50)48-44(47(52)53)42-58-59(54,55)57-41-43(49)40-56-46(51)39-37-35-33-31-29-27-25-20-18-16-14-12-10-8-6-4-2/h14,16,20,25,43-44,49H,3-13,15,17-19,21-24,26-42H2,1-2H3,(H,48,50)(H,52,53)(H,54,55)/b16-14-,25-20-. The quantitative estimate of drug-likeness (QED) is 0.0200. The molecule has 4 N–H and O–H groups in total. The predicted molar refractivity (Wildman–Crippen MR) is 240 cm³/mol. The van der Waals surface area contributed by atoms with Gasteiger partial charge in [0, 0.05) is 12.8 Å². The molecule has 0 fully saturated rings. The number of phosphoric ester groups is 1. The summed E-state index contributed by atoms with van der Waals surface area (Å²) in [5.41, 5.74) is 0. The Morgan fingerprint density at radius 2 is 0.932 bits per heavy atom. The van der Waals surface area contributed by atoms with Crippen LogP contribution in [0.15, 0.2) is 24.3 Å². The first-order chi connectivity index (χ1) is 28.6. The van der Waals surface area contributed by atoms with E-state index in [2.05, 4.69) is 43.5 Å². The molecule has 0 spiro atoms. The van der Waals surface area contributed by atoms with Crippen LogP contribution in [0, 0.1) is 0 Å². The van der Waals surface area contributed by atoms with Crippen molar-refractivity contribution in [1.82, 2.24) is 5.32 Å². The largest absolute Gasteiger partial charge is 0.480 e. The van der Waals surface area contributed by atoms with Gasteiger partial charge in [-0.05, 0) is 44.9 Å². The fraction of sp³-hybridized carbons (Fsp3) is 0.851. The molecule has 0 aromatic carbocycles. The number of hydrogen-bond donors (Lipinski definition) is 4. The zero-order valence-electron chi connectivity index (χ0n) is 37.6. The Kier molecular flexibility index (Phi) is 41.2. The Bertz CT molecular complexity index is 1100. The van der Waals surface area contributed by atoms with Crippen LogP contribution in [0.5, 0.6) is 0 Å². The van der Waals surface area contributed by atoms with E-state index in [1.165, 1.54) is 128 Å². The van der Waals surface area contributed by atoms with Crippen molar-refractivity contribution in [2.24, 2.45) is 0 Å². The number of nitrogens with one attached hydrogen (secondary N) is 1. The maximum Gasteiger partial charge on any atom is 0.472 e. The zero-order valence-corrected chi connectivity index (χ0v) is 38.5.